The number of hydrogen-bond donors (Lipinski definition) is 2. The van der Waals surface area contributed by atoms with Gasteiger partial charge in [-0.15, -0.1) is 0 Å². The normalized spacial score (nSPS) is 11.9. The third-order valence-corrected chi connectivity index (χ3v) is 5.36. The Labute approximate surface area is 205 Å². The Morgan fingerprint density at radius 1 is 0.886 bits per heavy atom. The van der Waals surface area contributed by atoms with Crippen molar-refractivity contribution in [1.82, 2.24) is 10.6 Å². The van der Waals surface area contributed by atoms with E-state index in [-0.39, 0.29) is 5.91 Å². The number of aryl methyl sites for hydroxylation is 2. The standard InChI is InChI=1S/C21H26N2O3.C7H6F2/c1-2-16-5-3-6-17(13-16)15-22-9-4-10-23-21(24)18-7-8-19-20(14-18)26-12-11-25-19;1-5-2-6(8)4-7(9)3-5/h3,5-8,13-14,22H,2,4,9-12,15H2,1H3,(H,23,24);2-4H,1H3. The van der Waals surface area contributed by atoms with Crippen LogP contribution in [0.5, 0.6) is 11.5 Å². The van der Waals surface area contributed by atoms with Crippen molar-refractivity contribution in [3.63, 3.8) is 0 Å². The predicted octanol–water partition coefficient (Wildman–Crippen LogP) is 5.20. The Balaban J connectivity index is 0.000000320. The van der Waals surface area contributed by atoms with E-state index >= 15 is 0 Å². The lowest BCUT2D eigenvalue weighted by molar-refractivity contribution is 0.0952. The van der Waals surface area contributed by atoms with Gasteiger partial charge in [0.2, 0.25) is 0 Å². The molecular formula is C28H32F2N2O3. The number of rotatable bonds is 8. The smallest absolute Gasteiger partial charge is 0.251 e. The van der Waals surface area contributed by atoms with Gasteiger partial charge in [-0.2, -0.15) is 0 Å². The molecule has 4 rings (SSSR count). The van der Waals surface area contributed by atoms with Crippen LogP contribution in [0.15, 0.2) is 60.7 Å². The molecule has 35 heavy (non-hydrogen) atoms. The van der Waals surface area contributed by atoms with Crippen LogP contribution in [0.4, 0.5) is 8.78 Å². The van der Waals surface area contributed by atoms with Crippen LogP contribution in [0.25, 0.3) is 0 Å². The van der Waals surface area contributed by atoms with Crippen molar-refractivity contribution < 1.29 is 23.0 Å². The Morgan fingerprint density at radius 2 is 1.60 bits per heavy atom. The number of benzene rings is 3. The largest absolute Gasteiger partial charge is 0.486 e. The summed E-state index contributed by atoms with van der Waals surface area (Å²) in [5.41, 5.74) is 3.85. The Morgan fingerprint density at radius 3 is 2.31 bits per heavy atom. The molecule has 1 aliphatic heterocycles. The molecule has 3 aromatic rings. The van der Waals surface area contributed by atoms with Crippen LogP contribution in [0.3, 0.4) is 0 Å². The third kappa shape index (κ3) is 8.68. The van der Waals surface area contributed by atoms with Crippen LogP contribution in [0.2, 0.25) is 0 Å². The molecular weight excluding hydrogens is 450 g/mol. The minimum Gasteiger partial charge on any atom is -0.486 e. The van der Waals surface area contributed by atoms with Gasteiger partial charge in [0.1, 0.15) is 24.8 Å². The first-order valence-electron chi connectivity index (χ1n) is 11.8. The number of nitrogens with one attached hydrogen (secondary N) is 2. The fourth-order valence-electron chi connectivity index (χ4n) is 3.59. The Kier molecular flexibility index (Phi) is 10.0. The molecule has 0 atom stereocenters. The molecule has 1 amide bonds. The van der Waals surface area contributed by atoms with Crippen LogP contribution >= 0.6 is 0 Å². The summed E-state index contributed by atoms with van der Waals surface area (Å²) in [5, 5.41) is 6.37. The van der Waals surface area contributed by atoms with Crippen molar-refractivity contribution in [3.05, 3.63) is 94.6 Å². The van der Waals surface area contributed by atoms with Gasteiger partial charge < -0.3 is 20.1 Å². The SMILES string of the molecule is CCc1cccc(CNCCCNC(=O)c2ccc3c(c2)OCCO3)c1.Cc1cc(F)cc(F)c1. The average Bonchev–Trinajstić information content (AvgIpc) is 2.85. The molecule has 0 radical (unpaired) electrons. The summed E-state index contributed by atoms with van der Waals surface area (Å²) in [5.74, 6) is 0.210. The highest BCUT2D eigenvalue weighted by Crippen LogP contribution is 2.30. The lowest BCUT2D eigenvalue weighted by atomic mass is 10.1. The van der Waals surface area contributed by atoms with Gasteiger partial charge in [0.25, 0.3) is 5.91 Å². The maximum Gasteiger partial charge on any atom is 0.251 e. The first kappa shape index (κ1) is 26.2. The number of halogens is 2. The lowest BCUT2D eigenvalue weighted by Crippen LogP contribution is -2.27. The predicted molar refractivity (Wildman–Crippen MR) is 133 cm³/mol. The van der Waals surface area contributed by atoms with Crippen LogP contribution < -0.4 is 20.1 Å². The van der Waals surface area contributed by atoms with E-state index in [1.54, 1.807) is 25.1 Å². The van der Waals surface area contributed by atoms with Gasteiger partial charge in [-0.25, -0.2) is 8.78 Å². The van der Waals surface area contributed by atoms with Gasteiger partial charge in [0.15, 0.2) is 11.5 Å². The molecule has 2 N–H and O–H groups in total. The highest BCUT2D eigenvalue weighted by molar-refractivity contribution is 5.94. The molecule has 0 bridgehead atoms. The van der Waals surface area contributed by atoms with Crippen LogP contribution in [0, 0.1) is 18.6 Å². The minimum absolute atomic E-state index is 0.0855. The number of carbonyl (C=O) groups is 1. The van der Waals surface area contributed by atoms with Crippen molar-refractivity contribution >= 4 is 5.91 Å². The molecule has 0 spiro atoms. The van der Waals surface area contributed by atoms with Gasteiger partial charge in [0.05, 0.1) is 0 Å². The van der Waals surface area contributed by atoms with Crippen LogP contribution in [-0.2, 0) is 13.0 Å². The van der Waals surface area contributed by atoms with Gasteiger partial charge in [0, 0.05) is 24.7 Å². The zero-order valence-electron chi connectivity index (χ0n) is 20.2. The fraction of sp³-hybridized carbons (Fsp3) is 0.321. The summed E-state index contributed by atoms with van der Waals surface area (Å²) in [6, 6.07) is 17.3. The monoisotopic (exact) mass is 482 g/mol. The van der Waals surface area contributed by atoms with Crippen LogP contribution in [-0.4, -0.2) is 32.2 Å². The van der Waals surface area contributed by atoms with Crippen molar-refractivity contribution in [1.29, 1.82) is 0 Å². The zero-order valence-corrected chi connectivity index (χ0v) is 20.2. The number of fused-ring (bicyclic) bond motifs is 1. The van der Waals surface area contributed by atoms with E-state index in [9.17, 15) is 13.6 Å². The summed E-state index contributed by atoms with van der Waals surface area (Å²) in [6.07, 6.45) is 1.93. The summed E-state index contributed by atoms with van der Waals surface area (Å²) in [6.45, 7) is 7.22. The maximum atomic E-state index is 12.2. The molecule has 0 fully saturated rings. The molecule has 1 aliphatic rings. The topological polar surface area (TPSA) is 59.6 Å². The van der Waals surface area contributed by atoms with E-state index in [2.05, 4.69) is 41.8 Å². The fourth-order valence-corrected chi connectivity index (χ4v) is 3.59. The Bertz CT molecular complexity index is 1070. The van der Waals surface area contributed by atoms with Gasteiger partial charge in [-0.1, -0.05) is 31.2 Å². The number of hydrogen-bond acceptors (Lipinski definition) is 4. The van der Waals surface area contributed by atoms with E-state index in [1.807, 2.05) is 0 Å². The van der Waals surface area contributed by atoms with E-state index in [1.165, 1.54) is 23.3 Å². The molecule has 0 aromatic heterocycles. The first-order chi connectivity index (χ1) is 16.9. The number of amides is 1. The molecule has 1 heterocycles. The minimum atomic E-state index is -0.521. The van der Waals surface area contributed by atoms with Gasteiger partial charge in [-0.3, -0.25) is 4.79 Å². The molecule has 7 heteroatoms. The second-order valence-electron chi connectivity index (χ2n) is 8.26. The molecule has 0 saturated carbocycles. The van der Waals surface area contributed by atoms with Crippen molar-refractivity contribution in [3.8, 4) is 11.5 Å². The molecule has 3 aromatic carbocycles. The quantitative estimate of drug-likeness (QED) is 0.433. The lowest BCUT2D eigenvalue weighted by Gasteiger charge is -2.18. The van der Waals surface area contributed by atoms with Crippen LogP contribution in [0.1, 0.15) is 40.4 Å². The van der Waals surface area contributed by atoms with Gasteiger partial charge in [-0.05, 0) is 73.3 Å². The molecule has 5 nitrogen and oxygen atoms in total. The summed E-state index contributed by atoms with van der Waals surface area (Å²) >= 11 is 0. The van der Waals surface area contributed by atoms with Crippen molar-refractivity contribution in [2.24, 2.45) is 0 Å². The molecule has 186 valence electrons. The second kappa shape index (κ2) is 13.4. The average molecular weight is 483 g/mol. The number of carbonyl (C=O) groups excluding carboxylic acids is 1. The second-order valence-corrected chi connectivity index (χ2v) is 8.26. The van der Waals surface area contributed by atoms with Gasteiger partial charge >= 0.3 is 0 Å². The summed E-state index contributed by atoms with van der Waals surface area (Å²) in [4.78, 5) is 12.2. The highest BCUT2D eigenvalue weighted by atomic mass is 19.1. The maximum absolute atomic E-state index is 12.2. The highest BCUT2D eigenvalue weighted by Gasteiger charge is 2.14. The van der Waals surface area contributed by atoms with E-state index in [0.29, 0.717) is 42.4 Å². The number of ether oxygens (including phenoxy) is 2. The third-order valence-electron chi connectivity index (χ3n) is 5.36. The van der Waals surface area contributed by atoms with E-state index in [0.717, 1.165) is 32.0 Å². The first-order valence-corrected chi connectivity index (χ1v) is 11.8. The van der Waals surface area contributed by atoms with Crippen molar-refractivity contribution in [2.75, 3.05) is 26.3 Å². The zero-order chi connectivity index (χ0) is 25.0. The summed E-state index contributed by atoms with van der Waals surface area (Å²) < 4.78 is 35.4. The van der Waals surface area contributed by atoms with Crippen molar-refractivity contribution in [2.45, 2.75) is 33.2 Å². The molecule has 0 saturated heterocycles. The molecule has 0 unspecified atom stereocenters. The van der Waals surface area contributed by atoms with E-state index < -0.39 is 11.6 Å². The van der Waals surface area contributed by atoms with E-state index in [4.69, 9.17) is 9.47 Å². The summed E-state index contributed by atoms with van der Waals surface area (Å²) in [7, 11) is 0. The Hall–Kier alpha value is -3.45. The molecule has 0 aliphatic carbocycles.